The largest absolute Gasteiger partial charge is 0.497 e. The van der Waals surface area contributed by atoms with Crippen LogP contribution < -0.4 is 9.47 Å². The van der Waals surface area contributed by atoms with E-state index in [4.69, 9.17) is 14.2 Å². The maximum absolute atomic E-state index is 13.5. The average molecular weight is 477 g/mol. The highest BCUT2D eigenvalue weighted by molar-refractivity contribution is 6.07. The predicted octanol–water partition coefficient (Wildman–Crippen LogP) is 3.82. The Hall–Kier alpha value is -3.58. The van der Waals surface area contributed by atoms with Gasteiger partial charge in [0.1, 0.15) is 11.5 Å². The second-order valence-electron chi connectivity index (χ2n) is 8.91. The normalized spacial score (nSPS) is 19.6. The number of ketones is 1. The lowest BCUT2D eigenvalue weighted by Crippen LogP contribution is -2.62. The molecule has 2 aromatic carbocycles. The minimum absolute atomic E-state index is 0.0645. The number of esters is 1. The average Bonchev–Trinajstić information content (AvgIpc) is 2.87. The van der Waals surface area contributed by atoms with Crippen LogP contribution in [0.2, 0.25) is 0 Å². The van der Waals surface area contributed by atoms with E-state index in [0.717, 1.165) is 35.2 Å². The van der Waals surface area contributed by atoms with Crippen molar-refractivity contribution in [1.29, 1.82) is 0 Å². The van der Waals surface area contributed by atoms with Gasteiger partial charge in [0.2, 0.25) is 5.66 Å². The summed E-state index contributed by atoms with van der Waals surface area (Å²) in [5.41, 5.74) is 2.99. The van der Waals surface area contributed by atoms with Crippen LogP contribution in [-0.4, -0.2) is 62.6 Å². The molecule has 0 N–H and O–H groups in total. The van der Waals surface area contributed by atoms with Crippen LogP contribution in [0.3, 0.4) is 0 Å². The maximum Gasteiger partial charge on any atom is 0.351 e. The molecule has 1 atom stereocenters. The number of hydrogen-bond donors (Lipinski definition) is 0. The molecule has 0 aromatic heterocycles. The molecular formula is C28H32N2O5. The lowest BCUT2D eigenvalue weighted by atomic mass is 9.85. The Bertz CT molecular complexity index is 1200. The molecule has 1 aliphatic heterocycles. The highest BCUT2D eigenvalue weighted by atomic mass is 16.5. The van der Waals surface area contributed by atoms with Crippen LogP contribution in [0, 0.1) is 0 Å². The Kier molecular flexibility index (Phi) is 6.98. The molecule has 0 bridgehead atoms. The van der Waals surface area contributed by atoms with Crippen molar-refractivity contribution in [3.05, 3.63) is 76.9 Å². The first kappa shape index (κ1) is 24.5. The van der Waals surface area contributed by atoms with E-state index in [1.807, 2.05) is 60.3 Å². The first-order valence-corrected chi connectivity index (χ1v) is 11.7. The van der Waals surface area contributed by atoms with E-state index in [0.29, 0.717) is 30.0 Å². The number of allylic oxidation sites excluding steroid dienone is 2. The second-order valence-corrected chi connectivity index (χ2v) is 8.91. The number of benzene rings is 2. The van der Waals surface area contributed by atoms with Crippen molar-refractivity contribution in [2.45, 2.75) is 31.5 Å². The summed E-state index contributed by atoms with van der Waals surface area (Å²) in [6.45, 7) is 0.297. The summed E-state index contributed by atoms with van der Waals surface area (Å²) in [4.78, 5) is 30.6. The summed E-state index contributed by atoms with van der Waals surface area (Å²) in [7, 11) is 8.26. The van der Waals surface area contributed by atoms with Crippen LogP contribution in [0.25, 0.3) is 5.70 Å². The smallest absolute Gasteiger partial charge is 0.351 e. The van der Waals surface area contributed by atoms with E-state index in [1.165, 1.54) is 7.11 Å². The van der Waals surface area contributed by atoms with Crippen molar-refractivity contribution < 1.29 is 23.8 Å². The van der Waals surface area contributed by atoms with Crippen LogP contribution in [-0.2, 0) is 27.3 Å². The number of fused-ring (bicyclic) bond motifs is 2. The minimum atomic E-state index is -1.27. The Morgan fingerprint density at radius 3 is 2.51 bits per heavy atom. The first-order chi connectivity index (χ1) is 16.9. The number of methoxy groups -OCH3 is 3. The van der Waals surface area contributed by atoms with Crippen molar-refractivity contribution in [1.82, 2.24) is 9.80 Å². The van der Waals surface area contributed by atoms with E-state index in [9.17, 15) is 9.59 Å². The van der Waals surface area contributed by atoms with Gasteiger partial charge >= 0.3 is 5.97 Å². The third-order valence-corrected chi connectivity index (χ3v) is 6.83. The monoisotopic (exact) mass is 476 g/mol. The molecule has 2 aliphatic rings. The molecule has 0 saturated heterocycles. The molecule has 184 valence electrons. The SMILES string of the molecule is COC(=O)C1(N(C)C)C=CC2=C(c3ccccc3CCCC2=O)N1Cc1ccc(OC)cc1OC. The molecule has 7 heteroatoms. The highest BCUT2D eigenvalue weighted by Crippen LogP contribution is 2.43. The number of aryl methyl sites for hydroxylation is 1. The molecule has 0 saturated carbocycles. The van der Waals surface area contributed by atoms with Gasteiger partial charge in [-0.15, -0.1) is 0 Å². The van der Waals surface area contributed by atoms with Gasteiger partial charge in [-0.05, 0) is 56.8 Å². The lowest BCUT2D eigenvalue weighted by Gasteiger charge is -2.49. The first-order valence-electron chi connectivity index (χ1n) is 11.7. The van der Waals surface area contributed by atoms with Gasteiger partial charge in [0.25, 0.3) is 0 Å². The van der Waals surface area contributed by atoms with E-state index in [1.54, 1.807) is 26.4 Å². The van der Waals surface area contributed by atoms with Crippen molar-refractivity contribution in [3.8, 4) is 11.5 Å². The van der Waals surface area contributed by atoms with Gasteiger partial charge in [-0.3, -0.25) is 9.69 Å². The highest BCUT2D eigenvalue weighted by Gasteiger charge is 2.50. The molecule has 4 rings (SSSR count). The zero-order valence-corrected chi connectivity index (χ0v) is 21.0. The van der Waals surface area contributed by atoms with Crippen molar-refractivity contribution in [2.24, 2.45) is 0 Å². The summed E-state index contributed by atoms with van der Waals surface area (Å²) in [6, 6.07) is 13.7. The molecule has 0 amide bonds. The molecule has 35 heavy (non-hydrogen) atoms. The van der Waals surface area contributed by atoms with Gasteiger partial charge in [0.15, 0.2) is 5.78 Å². The molecule has 0 radical (unpaired) electrons. The number of nitrogens with zero attached hydrogens (tertiary/aromatic N) is 2. The molecule has 1 aliphatic carbocycles. The second kappa shape index (κ2) is 9.96. The van der Waals surface area contributed by atoms with Gasteiger partial charge in [-0.25, -0.2) is 4.79 Å². The zero-order valence-electron chi connectivity index (χ0n) is 21.0. The number of rotatable bonds is 6. The van der Waals surface area contributed by atoms with E-state index >= 15 is 0 Å². The molecule has 0 fully saturated rings. The lowest BCUT2D eigenvalue weighted by molar-refractivity contribution is -0.159. The van der Waals surface area contributed by atoms with Gasteiger partial charge in [0, 0.05) is 35.7 Å². The summed E-state index contributed by atoms with van der Waals surface area (Å²) >= 11 is 0. The third kappa shape index (κ3) is 4.21. The summed E-state index contributed by atoms with van der Waals surface area (Å²) in [5.74, 6) is 0.922. The fraction of sp³-hybridized carbons (Fsp3) is 0.357. The Labute approximate surface area is 206 Å². The van der Waals surface area contributed by atoms with Crippen LogP contribution in [0.4, 0.5) is 0 Å². The maximum atomic E-state index is 13.5. The standard InChI is InChI=1S/C28H32N2O5/c1-29(2)28(27(32)35-5)16-15-23-24(31)12-8-10-19-9-6-7-11-22(19)26(23)30(28)18-20-13-14-21(33-3)17-25(20)34-4/h6-7,9,11,13-17H,8,10,12,18H2,1-5H3. The molecular weight excluding hydrogens is 444 g/mol. The van der Waals surface area contributed by atoms with Crippen LogP contribution in [0.5, 0.6) is 11.5 Å². The number of hydrogen-bond acceptors (Lipinski definition) is 7. The molecule has 1 unspecified atom stereocenters. The van der Waals surface area contributed by atoms with E-state index < -0.39 is 11.6 Å². The Balaban J connectivity index is 2.00. The van der Waals surface area contributed by atoms with Gasteiger partial charge in [-0.2, -0.15) is 0 Å². The van der Waals surface area contributed by atoms with Gasteiger partial charge in [-0.1, -0.05) is 24.3 Å². The van der Waals surface area contributed by atoms with Crippen molar-refractivity contribution >= 4 is 17.4 Å². The van der Waals surface area contributed by atoms with Crippen LogP contribution >= 0.6 is 0 Å². The topological polar surface area (TPSA) is 68.3 Å². The quantitative estimate of drug-likeness (QED) is 0.587. The number of likely N-dealkylation sites (N-methyl/N-ethyl adjacent to an activating group) is 1. The van der Waals surface area contributed by atoms with Gasteiger partial charge in [0.05, 0.1) is 27.0 Å². The number of ether oxygens (including phenoxy) is 3. The predicted molar refractivity (Wildman–Crippen MR) is 134 cm³/mol. The molecule has 0 spiro atoms. The fourth-order valence-corrected chi connectivity index (χ4v) is 5.00. The fourth-order valence-electron chi connectivity index (χ4n) is 5.00. The van der Waals surface area contributed by atoms with E-state index in [-0.39, 0.29) is 5.78 Å². The zero-order chi connectivity index (χ0) is 25.2. The summed E-state index contributed by atoms with van der Waals surface area (Å²) < 4.78 is 16.4. The molecule has 2 aromatic rings. The van der Waals surface area contributed by atoms with Crippen molar-refractivity contribution in [2.75, 3.05) is 35.4 Å². The minimum Gasteiger partial charge on any atom is -0.497 e. The van der Waals surface area contributed by atoms with Crippen LogP contribution in [0.1, 0.15) is 29.5 Å². The summed E-state index contributed by atoms with van der Waals surface area (Å²) in [5, 5.41) is 0. The summed E-state index contributed by atoms with van der Waals surface area (Å²) in [6.07, 6.45) is 5.58. The molecule has 1 heterocycles. The van der Waals surface area contributed by atoms with Crippen LogP contribution in [0.15, 0.2) is 60.2 Å². The number of Topliss-reactive ketones (excluding diaryl/α,β-unsaturated/α-hetero) is 1. The third-order valence-electron chi connectivity index (χ3n) is 6.83. The Morgan fingerprint density at radius 1 is 1.06 bits per heavy atom. The van der Waals surface area contributed by atoms with E-state index in [2.05, 4.69) is 6.07 Å². The van der Waals surface area contributed by atoms with Gasteiger partial charge < -0.3 is 19.1 Å². The number of carbonyl (C=O) groups excluding carboxylic acids is 2. The Morgan fingerprint density at radius 2 is 1.83 bits per heavy atom. The van der Waals surface area contributed by atoms with Crippen molar-refractivity contribution in [3.63, 3.8) is 0 Å². The number of carbonyl (C=O) groups is 2. The molecule has 7 nitrogen and oxygen atoms in total.